The van der Waals surface area contributed by atoms with Crippen molar-refractivity contribution in [3.05, 3.63) is 88.2 Å². The van der Waals surface area contributed by atoms with Gasteiger partial charge in [0.15, 0.2) is 0 Å². The van der Waals surface area contributed by atoms with Crippen molar-refractivity contribution < 1.29 is 4.79 Å². The summed E-state index contributed by atoms with van der Waals surface area (Å²) in [5.41, 5.74) is 6.24. The van der Waals surface area contributed by atoms with Crippen LogP contribution in [0.4, 0.5) is 0 Å². The number of fused-ring (bicyclic) bond motifs is 1. The predicted octanol–water partition coefficient (Wildman–Crippen LogP) is 3.82. The smallest absolute Gasteiger partial charge is 0.257 e. The van der Waals surface area contributed by atoms with E-state index in [2.05, 4.69) is 53.6 Å². The Morgan fingerprint density at radius 3 is 2.42 bits per heavy atom. The Kier molecular flexibility index (Phi) is 4.11. The van der Waals surface area contributed by atoms with Crippen LogP contribution in [0, 0.1) is 13.8 Å². The molecule has 0 radical (unpaired) electrons. The van der Waals surface area contributed by atoms with Crippen LogP contribution in [-0.4, -0.2) is 27.1 Å². The van der Waals surface area contributed by atoms with Crippen molar-refractivity contribution in [1.82, 2.24) is 14.7 Å². The number of benzene rings is 2. The molecular formula is C22H23N3O. The van der Waals surface area contributed by atoms with Crippen LogP contribution in [0.1, 0.15) is 44.4 Å². The molecule has 3 aromatic rings. The van der Waals surface area contributed by atoms with E-state index in [0.717, 1.165) is 17.0 Å². The molecule has 1 aliphatic rings. The molecule has 132 valence electrons. The first-order chi connectivity index (χ1) is 12.6. The summed E-state index contributed by atoms with van der Waals surface area (Å²) in [6, 6.07) is 18.9. The summed E-state index contributed by atoms with van der Waals surface area (Å²) in [6.45, 7) is 5.20. The highest BCUT2D eigenvalue weighted by Crippen LogP contribution is 2.34. The van der Waals surface area contributed by atoms with E-state index < -0.39 is 0 Å². The lowest BCUT2D eigenvalue weighted by molar-refractivity contribution is 0.0723. The predicted molar refractivity (Wildman–Crippen MR) is 102 cm³/mol. The van der Waals surface area contributed by atoms with Crippen molar-refractivity contribution in [3.63, 3.8) is 0 Å². The summed E-state index contributed by atoms with van der Waals surface area (Å²) in [5.74, 6) is 0.269. The Morgan fingerprint density at radius 1 is 1.04 bits per heavy atom. The molecule has 2 heterocycles. The second-order valence-corrected chi connectivity index (χ2v) is 7.02. The second kappa shape index (κ2) is 6.45. The molecule has 0 fully saturated rings. The maximum atomic E-state index is 13.3. The van der Waals surface area contributed by atoms with Crippen LogP contribution in [0.2, 0.25) is 0 Å². The number of rotatable bonds is 2. The molecule has 4 heteroatoms. The summed E-state index contributed by atoms with van der Waals surface area (Å²) >= 11 is 0. The maximum absolute atomic E-state index is 13.3. The fraction of sp³-hybridized carbons (Fsp3) is 0.273. The summed E-state index contributed by atoms with van der Waals surface area (Å²) < 4.78 is 1.79. The lowest BCUT2D eigenvalue weighted by atomic mass is 9.84. The van der Waals surface area contributed by atoms with Gasteiger partial charge in [-0.25, -0.2) is 0 Å². The van der Waals surface area contributed by atoms with Gasteiger partial charge in [0.25, 0.3) is 5.91 Å². The molecule has 0 aliphatic carbocycles. The monoisotopic (exact) mass is 345 g/mol. The average molecular weight is 345 g/mol. The van der Waals surface area contributed by atoms with E-state index in [1.54, 1.807) is 4.68 Å². The summed E-state index contributed by atoms with van der Waals surface area (Å²) in [4.78, 5) is 15.3. The van der Waals surface area contributed by atoms with Crippen LogP contribution in [0.5, 0.6) is 0 Å². The number of hydrogen-bond donors (Lipinski definition) is 0. The van der Waals surface area contributed by atoms with E-state index >= 15 is 0 Å². The highest BCUT2D eigenvalue weighted by molar-refractivity contribution is 5.96. The lowest BCUT2D eigenvalue weighted by Gasteiger charge is -2.35. The zero-order valence-electron chi connectivity index (χ0n) is 15.4. The number of carbonyl (C=O) groups is 1. The summed E-state index contributed by atoms with van der Waals surface area (Å²) in [5, 5.41) is 4.42. The minimum Gasteiger partial charge on any atom is -0.333 e. The van der Waals surface area contributed by atoms with Crippen molar-refractivity contribution in [2.75, 3.05) is 6.54 Å². The average Bonchev–Trinajstić information content (AvgIpc) is 2.92. The van der Waals surface area contributed by atoms with Gasteiger partial charge in [0.05, 0.1) is 11.3 Å². The van der Waals surface area contributed by atoms with Crippen LogP contribution < -0.4 is 0 Å². The number of aromatic nitrogens is 2. The third-order valence-electron chi connectivity index (χ3n) is 5.41. The molecule has 0 spiro atoms. The van der Waals surface area contributed by atoms with Gasteiger partial charge in [-0.1, -0.05) is 54.6 Å². The molecule has 0 bridgehead atoms. The van der Waals surface area contributed by atoms with Crippen molar-refractivity contribution in [3.8, 4) is 0 Å². The van der Waals surface area contributed by atoms with Gasteiger partial charge in [-0.2, -0.15) is 5.10 Å². The first kappa shape index (κ1) is 16.6. The van der Waals surface area contributed by atoms with Crippen LogP contribution in [0.3, 0.4) is 0 Å². The molecule has 2 aromatic carbocycles. The largest absolute Gasteiger partial charge is 0.333 e. The van der Waals surface area contributed by atoms with Crippen molar-refractivity contribution in [1.29, 1.82) is 0 Å². The molecular weight excluding hydrogens is 322 g/mol. The Bertz CT molecular complexity index is 959. The van der Waals surface area contributed by atoms with Gasteiger partial charge in [-0.3, -0.25) is 9.48 Å². The topological polar surface area (TPSA) is 38.1 Å². The van der Waals surface area contributed by atoms with Gasteiger partial charge in [0, 0.05) is 31.7 Å². The van der Waals surface area contributed by atoms with E-state index in [1.807, 2.05) is 31.9 Å². The Labute approximate surface area is 154 Å². The van der Waals surface area contributed by atoms with Crippen molar-refractivity contribution in [2.24, 2.45) is 7.05 Å². The minimum atomic E-state index is 0.0727. The third-order valence-corrected chi connectivity index (χ3v) is 5.41. The fourth-order valence-electron chi connectivity index (χ4n) is 3.97. The first-order valence-corrected chi connectivity index (χ1v) is 8.98. The summed E-state index contributed by atoms with van der Waals surface area (Å²) in [6.07, 6.45) is 0. The van der Waals surface area contributed by atoms with E-state index in [4.69, 9.17) is 0 Å². The number of aryl methyl sites for hydroxylation is 2. The molecule has 0 saturated carbocycles. The highest BCUT2D eigenvalue weighted by Gasteiger charge is 2.31. The van der Waals surface area contributed by atoms with Crippen LogP contribution >= 0.6 is 0 Å². The lowest BCUT2D eigenvalue weighted by Crippen LogP contribution is -2.39. The van der Waals surface area contributed by atoms with E-state index in [0.29, 0.717) is 13.1 Å². The minimum absolute atomic E-state index is 0.0727. The standard InChI is InChI=1S/C22H23N3O/c1-15-21(16(2)24(3)23-15)22(26)25-13-18-11-7-8-12-19(18)20(14-25)17-9-5-4-6-10-17/h4-12,20H,13-14H2,1-3H3/t20-/m1/s1. The van der Waals surface area contributed by atoms with Crippen LogP contribution in [0.15, 0.2) is 54.6 Å². The van der Waals surface area contributed by atoms with E-state index in [1.165, 1.54) is 16.7 Å². The quantitative estimate of drug-likeness (QED) is 0.708. The molecule has 1 aromatic heterocycles. The molecule has 0 N–H and O–H groups in total. The first-order valence-electron chi connectivity index (χ1n) is 8.98. The summed E-state index contributed by atoms with van der Waals surface area (Å²) in [7, 11) is 1.89. The van der Waals surface area contributed by atoms with Gasteiger partial charge in [-0.15, -0.1) is 0 Å². The van der Waals surface area contributed by atoms with E-state index in [9.17, 15) is 4.79 Å². The molecule has 26 heavy (non-hydrogen) atoms. The number of hydrogen-bond acceptors (Lipinski definition) is 2. The van der Waals surface area contributed by atoms with Gasteiger partial charge in [-0.05, 0) is 30.5 Å². The number of carbonyl (C=O) groups excluding carboxylic acids is 1. The zero-order chi connectivity index (χ0) is 18.3. The van der Waals surface area contributed by atoms with E-state index in [-0.39, 0.29) is 11.8 Å². The molecule has 0 saturated heterocycles. The maximum Gasteiger partial charge on any atom is 0.257 e. The molecule has 1 atom stereocenters. The molecule has 4 nitrogen and oxygen atoms in total. The van der Waals surface area contributed by atoms with Crippen LogP contribution in [0.25, 0.3) is 0 Å². The van der Waals surface area contributed by atoms with Gasteiger partial charge in [0.1, 0.15) is 0 Å². The second-order valence-electron chi connectivity index (χ2n) is 7.02. The van der Waals surface area contributed by atoms with Crippen LogP contribution in [-0.2, 0) is 13.6 Å². The fourth-order valence-corrected chi connectivity index (χ4v) is 3.97. The Morgan fingerprint density at radius 2 is 1.73 bits per heavy atom. The number of amides is 1. The SMILES string of the molecule is Cc1nn(C)c(C)c1C(=O)N1Cc2ccccc2[C@@H](c2ccccc2)C1. The third kappa shape index (κ3) is 2.71. The van der Waals surface area contributed by atoms with Gasteiger partial charge in [0.2, 0.25) is 0 Å². The normalized spacial score (nSPS) is 16.4. The Balaban J connectivity index is 1.75. The van der Waals surface area contributed by atoms with Crippen molar-refractivity contribution in [2.45, 2.75) is 26.3 Å². The molecule has 4 rings (SSSR count). The van der Waals surface area contributed by atoms with Gasteiger partial charge >= 0.3 is 0 Å². The van der Waals surface area contributed by atoms with Crippen molar-refractivity contribution >= 4 is 5.91 Å². The number of nitrogens with zero attached hydrogens (tertiary/aromatic N) is 3. The Hall–Kier alpha value is -2.88. The highest BCUT2D eigenvalue weighted by atomic mass is 16.2. The molecule has 1 amide bonds. The zero-order valence-corrected chi connectivity index (χ0v) is 15.4. The molecule has 1 aliphatic heterocycles. The molecule has 0 unspecified atom stereocenters. The van der Waals surface area contributed by atoms with Gasteiger partial charge < -0.3 is 4.90 Å².